The molecule has 0 saturated carbocycles. The molecule has 0 aromatic heterocycles. The lowest BCUT2D eigenvalue weighted by atomic mass is 9.96. The highest BCUT2D eigenvalue weighted by Crippen LogP contribution is 2.33. The zero-order chi connectivity index (χ0) is 14.0. The van der Waals surface area contributed by atoms with E-state index in [-0.39, 0.29) is 10.0 Å². The first-order chi connectivity index (χ1) is 9.04. The summed E-state index contributed by atoms with van der Waals surface area (Å²) in [5, 5.41) is 3.01. The number of hydrogen-bond donors (Lipinski definition) is 1. The van der Waals surface area contributed by atoms with Crippen LogP contribution in [-0.4, -0.2) is 7.05 Å². The molecule has 4 heteroatoms. The molecular formula is C15H14BrF2N. The second kappa shape index (κ2) is 5.80. The van der Waals surface area contributed by atoms with Gasteiger partial charge in [0.2, 0.25) is 0 Å². The summed E-state index contributed by atoms with van der Waals surface area (Å²) in [6.45, 7) is 2.46. The molecule has 19 heavy (non-hydrogen) atoms. The van der Waals surface area contributed by atoms with Crippen LogP contribution in [0.15, 0.2) is 34.8 Å². The molecule has 0 fully saturated rings. The van der Waals surface area contributed by atoms with Crippen LogP contribution in [-0.2, 0) is 6.54 Å². The van der Waals surface area contributed by atoms with Crippen LogP contribution in [0, 0.1) is 18.6 Å². The Hall–Kier alpha value is -1.26. The van der Waals surface area contributed by atoms with Gasteiger partial charge < -0.3 is 5.32 Å². The minimum Gasteiger partial charge on any atom is -0.316 e. The number of rotatable bonds is 3. The first kappa shape index (κ1) is 14.2. The lowest BCUT2D eigenvalue weighted by molar-refractivity contribution is 0.585. The maximum Gasteiger partial charge on any atom is 0.148 e. The highest BCUT2D eigenvalue weighted by atomic mass is 79.9. The maximum absolute atomic E-state index is 14.2. The Morgan fingerprint density at radius 2 is 1.89 bits per heavy atom. The van der Waals surface area contributed by atoms with E-state index in [1.165, 1.54) is 12.1 Å². The SMILES string of the molecule is CNCc1ccc(C)cc1-c1c(F)ccc(Br)c1F. The van der Waals surface area contributed by atoms with Gasteiger partial charge in [-0.3, -0.25) is 0 Å². The summed E-state index contributed by atoms with van der Waals surface area (Å²) in [7, 11) is 1.80. The molecule has 0 atom stereocenters. The van der Waals surface area contributed by atoms with Crippen LogP contribution in [0.4, 0.5) is 8.78 Å². The van der Waals surface area contributed by atoms with Crippen molar-refractivity contribution in [2.75, 3.05) is 7.05 Å². The van der Waals surface area contributed by atoms with Crippen molar-refractivity contribution in [3.05, 3.63) is 57.6 Å². The molecule has 0 heterocycles. The first-order valence-electron chi connectivity index (χ1n) is 5.92. The molecular weight excluding hydrogens is 312 g/mol. The average molecular weight is 326 g/mol. The summed E-state index contributed by atoms with van der Waals surface area (Å²) in [5.41, 5.74) is 2.44. The Morgan fingerprint density at radius 3 is 2.58 bits per heavy atom. The highest BCUT2D eigenvalue weighted by molar-refractivity contribution is 9.10. The first-order valence-corrected chi connectivity index (χ1v) is 6.72. The van der Waals surface area contributed by atoms with E-state index in [4.69, 9.17) is 0 Å². The van der Waals surface area contributed by atoms with Crippen LogP contribution < -0.4 is 5.32 Å². The third-order valence-electron chi connectivity index (χ3n) is 2.95. The normalized spacial score (nSPS) is 10.8. The molecule has 0 amide bonds. The Balaban J connectivity index is 2.70. The zero-order valence-corrected chi connectivity index (χ0v) is 12.3. The third kappa shape index (κ3) is 2.85. The molecule has 0 aliphatic heterocycles. The summed E-state index contributed by atoms with van der Waals surface area (Å²) >= 11 is 3.10. The topological polar surface area (TPSA) is 12.0 Å². The van der Waals surface area contributed by atoms with Crippen molar-refractivity contribution in [3.8, 4) is 11.1 Å². The summed E-state index contributed by atoms with van der Waals surface area (Å²) in [6, 6.07) is 8.28. The van der Waals surface area contributed by atoms with Crippen LogP contribution in [0.5, 0.6) is 0 Å². The lowest BCUT2D eigenvalue weighted by Crippen LogP contribution is -2.07. The molecule has 0 bridgehead atoms. The van der Waals surface area contributed by atoms with Crippen LogP contribution in [0.3, 0.4) is 0 Å². The number of halogens is 3. The smallest absolute Gasteiger partial charge is 0.148 e. The van der Waals surface area contributed by atoms with Gasteiger partial charge in [-0.25, -0.2) is 8.78 Å². The van der Waals surface area contributed by atoms with E-state index in [0.717, 1.165) is 11.1 Å². The Labute approximate surface area is 119 Å². The van der Waals surface area contributed by atoms with Crippen molar-refractivity contribution in [1.29, 1.82) is 0 Å². The molecule has 100 valence electrons. The number of aryl methyl sites for hydroxylation is 1. The van der Waals surface area contributed by atoms with Gasteiger partial charge in [-0.2, -0.15) is 0 Å². The molecule has 0 aliphatic rings. The van der Waals surface area contributed by atoms with E-state index < -0.39 is 11.6 Å². The van der Waals surface area contributed by atoms with Crippen LogP contribution >= 0.6 is 15.9 Å². The monoisotopic (exact) mass is 325 g/mol. The van der Waals surface area contributed by atoms with Gasteiger partial charge in [0.15, 0.2) is 0 Å². The largest absolute Gasteiger partial charge is 0.316 e. The highest BCUT2D eigenvalue weighted by Gasteiger charge is 2.17. The summed E-state index contributed by atoms with van der Waals surface area (Å²) in [4.78, 5) is 0. The lowest BCUT2D eigenvalue weighted by Gasteiger charge is -2.13. The van der Waals surface area contributed by atoms with Crippen molar-refractivity contribution < 1.29 is 8.78 Å². The van der Waals surface area contributed by atoms with Crippen molar-refractivity contribution in [2.45, 2.75) is 13.5 Å². The molecule has 2 rings (SSSR count). The standard InChI is InChI=1S/C15H14BrF2N/c1-9-3-4-10(8-19-2)11(7-9)14-13(17)6-5-12(16)15(14)18/h3-7,19H,8H2,1-2H3. The van der Waals surface area contributed by atoms with Crippen LogP contribution in [0.1, 0.15) is 11.1 Å². The molecule has 2 aromatic carbocycles. The van der Waals surface area contributed by atoms with Gasteiger partial charge in [-0.1, -0.05) is 23.8 Å². The van der Waals surface area contributed by atoms with Crippen molar-refractivity contribution >= 4 is 15.9 Å². The van der Waals surface area contributed by atoms with Gasteiger partial charge in [0.25, 0.3) is 0 Å². The fourth-order valence-electron chi connectivity index (χ4n) is 2.04. The number of hydrogen-bond acceptors (Lipinski definition) is 1. The van der Waals surface area contributed by atoms with Gasteiger partial charge in [-0.15, -0.1) is 0 Å². The van der Waals surface area contributed by atoms with E-state index in [2.05, 4.69) is 21.2 Å². The van der Waals surface area contributed by atoms with Gasteiger partial charge in [-0.05, 0) is 53.2 Å². The molecule has 0 aliphatic carbocycles. The third-order valence-corrected chi connectivity index (χ3v) is 3.56. The van der Waals surface area contributed by atoms with Crippen molar-refractivity contribution in [2.24, 2.45) is 0 Å². The zero-order valence-electron chi connectivity index (χ0n) is 10.7. The van der Waals surface area contributed by atoms with Crippen molar-refractivity contribution in [1.82, 2.24) is 5.32 Å². The van der Waals surface area contributed by atoms with Crippen LogP contribution in [0.2, 0.25) is 0 Å². The molecule has 0 spiro atoms. The molecule has 0 saturated heterocycles. The molecule has 1 N–H and O–H groups in total. The fourth-order valence-corrected chi connectivity index (χ4v) is 2.37. The minimum absolute atomic E-state index is 0.0170. The van der Waals surface area contributed by atoms with E-state index in [1.807, 2.05) is 19.1 Å². The van der Waals surface area contributed by atoms with E-state index >= 15 is 0 Å². The van der Waals surface area contributed by atoms with Gasteiger partial charge in [0, 0.05) is 6.54 Å². The maximum atomic E-state index is 14.2. The second-order valence-electron chi connectivity index (χ2n) is 4.41. The summed E-state index contributed by atoms with van der Waals surface area (Å²) < 4.78 is 28.4. The van der Waals surface area contributed by atoms with Gasteiger partial charge in [0.1, 0.15) is 11.6 Å². The van der Waals surface area contributed by atoms with Gasteiger partial charge in [0.05, 0.1) is 10.0 Å². The number of nitrogens with one attached hydrogen (secondary N) is 1. The predicted molar refractivity (Wildman–Crippen MR) is 77.0 cm³/mol. The van der Waals surface area contributed by atoms with Crippen LogP contribution in [0.25, 0.3) is 11.1 Å². The summed E-state index contributed by atoms with van der Waals surface area (Å²) in [5.74, 6) is -1.12. The Morgan fingerprint density at radius 1 is 1.16 bits per heavy atom. The molecule has 0 unspecified atom stereocenters. The quantitative estimate of drug-likeness (QED) is 0.823. The Kier molecular flexibility index (Phi) is 4.32. The number of benzene rings is 2. The van der Waals surface area contributed by atoms with Crippen molar-refractivity contribution in [3.63, 3.8) is 0 Å². The Bertz CT molecular complexity index is 611. The average Bonchev–Trinajstić information content (AvgIpc) is 2.38. The fraction of sp³-hybridized carbons (Fsp3) is 0.200. The molecule has 2 aromatic rings. The summed E-state index contributed by atoms with van der Waals surface area (Å²) in [6.07, 6.45) is 0. The van der Waals surface area contributed by atoms with E-state index in [1.54, 1.807) is 13.1 Å². The van der Waals surface area contributed by atoms with E-state index in [0.29, 0.717) is 12.1 Å². The minimum atomic E-state index is -0.567. The second-order valence-corrected chi connectivity index (χ2v) is 5.26. The predicted octanol–water partition coefficient (Wildman–Crippen LogP) is 4.42. The molecule has 1 nitrogen and oxygen atoms in total. The van der Waals surface area contributed by atoms with E-state index in [9.17, 15) is 8.78 Å². The molecule has 0 radical (unpaired) electrons. The van der Waals surface area contributed by atoms with Gasteiger partial charge >= 0.3 is 0 Å².